The fourth-order valence-corrected chi connectivity index (χ4v) is 6.28. The van der Waals surface area contributed by atoms with E-state index in [1.54, 1.807) is 17.4 Å². The summed E-state index contributed by atoms with van der Waals surface area (Å²) in [6, 6.07) is 5.30. The maximum absolute atomic E-state index is 14.2. The number of fused-ring (bicyclic) bond motifs is 1. The van der Waals surface area contributed by atoms with Gasteiger partial charge in [0.05, 0.1) is 12.6 Å². The van der Waals surface area contributed by atoms with E-state index in [2.05, 4.69) is 41.3 Å². The second-order valence-electron chi connectivity index (χ2n) is 12.8. The molecule has 0 radical (unpaired) electrons. The third-order valence-corrected chi connectivity index (χ3v) is 8.87. The van der Waals surface area contributed by atoms with E-state index < -0.39 is 41.6 Å². The Morgan fingerprint density at radius 3 is 2.66 bits per heavy atom. The van der Waals surface area contributed by atoms with Crippen LogP contribution in [0.4, 0.5) is 0 Å². The number of carbonyl (C=O) groups is 5. The molecule has 266 valence electrons. The first kappa shape index (κ1) is 35.8. The molecular weight excluding hydrogens is 642 g/mol. The summed E-state index contributed by atoms with van der Waals surface area (Å²) in [4.78, 5) is 80.9. The van der Waals surface area contributed by atoms with E-state index in [1.165, 1.54) is 25.5 Å². The number of nitrogens with one attached hydrogen (secondary N) is 5. The Labute approximate surface area is 290 Å². The zero-order chi connectivity index (χ0) is 35.5. The fourth-order valence-electron chi connectivity index (χ4n) is 6.28. The van der Waals surface area contributed by atoms with Gasteiger partial charge in [0, 0.05) is 81.6 Å². The molecule has 1 saturated heterocycles. The molecule has 7 N–H and O–H groups in total. The van der Waals surface area contributed by atoms with Crippen molar-refractivity contribution in [2.75, 3.05) is 32.7 Å². The lowest BCUT2D eigenvalue weighted by molar-refractivity contribution is -0.139. The first-order valence-electron chi connectivity index (χ1n) is 16.9. The maximum atomic E-state index is 14.2. The van der Waals surface area contributed by atoms with Crippen LogP contribution in [-0.2, 0) is 25.6 Å². The smallest absolute Gasteiger partial charge is 0.271 e. The van der Waals surface area contributed by atoms with Gasteiger partial charge in [0.25, 0.3) is 5.91 Å². The molecule has 5 amide bonds. The number of nitrogens with two attached hydrogens (primary N) is 1. The van der Waals surface area contributed by atoms with Gasteiger partial charge in [0.15, 0.2) is 0 Å². The van der Waals surface area contributed by atoms with Crippen LogP contribution in [-0.4, -0.2) is 111 Å². The number of benzene rings is 1. The van der Waals surface area contributed by atoms with Crippen molar-refractivity contribution in [1.82, 2.24) is 46.0 Å². The molecule has 50 heavy (non-hydrogen) atoms. The molecule has 2 aliphatic rings. The van der Waals surface area contributed by atoms with Gasteiger partial charge >= 0.3 is 0 Å². The summed E-state index contributed by atoms with van der Waals surface area (Å²) in [7, 11) is 0. The van der Waals surface area contributed by atoms with E-state index in [-0.39, 0.29) is 43.6 Å². The van der Waals surface area contributed by atoms with Crippen LogP contribution < -0.4 is 27.1 Å². The Balaban J connectivity index is 1.29. The van der Waals surface area contributed by atoms with Gasteiger partial charge in [0.1, 0.15) is 24.1 Å². The maximum Gasteiger partial charge on any atom is 0.271 e. The molecular formula is C34H45N11O5. The third-order valence-electron chi connectivity index (χ3n) is 8.87. The molecule has 5 rings (SSSR count). The summed E-state index contributed by atoms with van der Waals surface area (Å²) >= 11 is 0. The minimum atomic E-state index is -1.22. The third kappa shape index (κ3) is 9.99. The van der Waals surface area contributed by atoms with Crippen molar-refractivity contribution in [2.45, 2.75) is 63.6 Å². The Hall–Kier alpha value is -5.54. The second-order valence-corrected chi connectivity index (χ2v) is 12.8. The van der Waals surface area contributed by atoms with Crippen LogP contribution in [0.15, 0.2) is 54.2 Å². The van der Waals surface area contributed by atoms with Crippen LogP contribution in [0.5, 0.6) is 0 Å². The molecule has 3 aromatic rings. The van der Waals surface area contributed by atoms with Crippen molar-refractivity contribution in [3.8, 4) is 0 Å². The van der Waals surface area contributed by atoms with E-state index in [0.29, 0.717) is 13.1 Å². The van der Waals surface area contributed by atoms with Crippen LogP contribution in [0.25, 0.3) is 10.9 Å². The van der Waals surface area contributed by atoms with Gasteiger partial charge in [-0.25, -0.2) is 4.98 Å². The molecule has 16 heteroatoms. The lowest BCUT2D eigenvalue weighted by Crippen LogP contribution is -2.57. The van der Waals surface area contributed by atoms with Gasteiger partial charge in [-0.05, 0) is 43.2 Å². The highest BCUT2D eigenvalue weighted by atomic mass is 16.2. The fraction of sp³-hybridized carbons (Fsp3) is 0.471. The number of hydrogen-bond donors (Lipinski definition) is 6. The van der Waals surface area contributed by atoms with Gasteiger partial charge in [-0.3, -0.25) is 29.0 Å². The predicted octanol–water partition coefficient (Wildman–Crippen LogP) is 0.0312. The number of aromatic amines is 1. The van der Waals surface area contributed by atoms with Crippen LogP contribution in [0.3, 0.4) is 0 Å². The number of hydrogen-bond acceptors (Lipinski definition) is 9. The number of rotatable bonds is 16. The van der Waals surface area contributed by atoms with Gasteiger partial charge in [-0.2, -0.15) is 5.10 Å². The van der Waals surface area contributed by atoms with E-state index in [4.69, 9.17) is 5.84 Å². The number of nitrogens with zero attached hydrogens (tertiary/aromatic N) is 5. The number of amides is 5. The zero-order valence-corrected chi connectivity index (χ0v) is 28.1. The summed E-state index contributed by atoms with van der Waals surface area (Å²) < 4.78 is 0. The van der Waals surface area contributed by atoms with Crippen LogP contribution in [0.2, 0.25) is 0 Å². The molecule has 1 aliphatic carbocycles. The normalized spacial score (nSPS) is 17.1. The van der Waals surface area contributed by atoms with Crippen molar-refractivity contribution in [3.05, 3.63) is 60.3 Å². The lowest BCUT2D eigenvalue weighted by atomic mass is 9.98. The van der Waals surface area contributed by atoms with Crippen LogP contribution in [0, 0.1) is 5.92 Å². The van der Waals surface area contributed by atoms with E-state index in [0.717, 1.165) is 48.7 Å². The SMILES string of the molecule is CC(=O)N[C@@H](Cc1c[nH]c2ccccc12)C(=O)N[C@@H](CC(=O)NC[C@@H]1CCCN(C=NN)C1)C(=O)N(CCNC(=O)c1cnccn1)C1CC1. The predicted molar refractivity (Wildman–Crippen MR) is 185 cm³/mol. The highest BCUT2D eigenvalue weighted by Gasteiger charge is 2.38. The minimum Gasteiger partial charge on any atom is -0.361 e. The molecule has 3 heterocycles. The molecule has 0 bridgehead atoms. The average molecular weight is 688 g/mol. The largest absolute Gasteiger partial charge is 0.361 e. The van der Waals surface area contributed by atoms with Gasteiger partial charge in [0.2, 0.25) is 23.6 Å². The molecule has 2 fully saturated rings. The van der Waals surface area contributed by atoms with Gasteiger partial charge in [-0.1, -0.05) is 18.2 Å². The molecule has 1 aliphatic heterocycles. The van der Waals surface area contributed by atoms with Crippen molar-refractivity contribution >= 4 is 46.8 Å². The topological polar surface area (TPSA) is 220 Å². The van der Waals surface area contributed by atoms with Crippen LogP contribution in [0.1, 0.15) is 55.1 Å². The quantitative estimate of drug-likeness (QED) is 0.0517. The van der Waals surface area contributed by atoms with Gasteiger partial charge in [-0.15, -0.1) is 0 Å². The van der Waals surface area contributed by atoms with E-state index >= 15 is 0 Å². The van der Waals surface area contributed by atoms with E-state index in [1.807, 2.05) is 29.2 Å². The number of likely N-dealkylation sites (tertiary alicyclic amines) is 1. The molecule has 16 nitrogen and oxygen atoms in total. The molecule has 3 atom stereocenters. The lowest BCUT2D eigenvalue weighted by Gasteiger charge is -2.31. The first-order chi connectivity index (χ1) is 24.2. The Morgan fingerprint density at radius 1 is 1.10 bits per heavy atom. The van der Waals surface area contributed by atoms with Crippen LogP contribution >= 0.6 is 0 Å². The van der Waals surface area contributed by atoms with Crippen molar-refractivity contribution in [1.29, 1.82) is 0 Å². The molecule has 0 unspecified atom stereocenters. The molecule has 1 saturated carbocycles. The monoisotopic (exact) mass is 687 g/mol. The minimum absolute atomic E-state index is 0.0897. The number of para-hydroxylation sites is 1. The van der Waals surface area contributed by atoms with E-state index in [9.17, 15) is 24.0 Å². The first-order valence-corrected chi connectivity index (χ1v) is 16.9. The number of aromatic nitrogens is 3. The van der Waals surface area contributed by atoms with Gasteiger partial charge < -0.3 is 41.9 Å². The standard InChI is InChI=1S/C34H45N11O5/c1-22(46)42-28(15-24-18-39-27-7-3-2-6-26(24)27)33(49)43-29(16-31(47)40-17-23-5-4-13-44(20-23)21-41-35)34(50)45(25-8-9-25)14-12-38-32(48)30-19-36-10-11-37-30/h2-3,6-7,10-11,18-19,21,23,25,28-29,39H,4-5,8-9,12-17,20,35H2,1H3,(H,38,48)(H,40,47)(H,42,46)(H,43,49)/t23-,28-,29-/m0/s1. The Morgan fingerprint density at radius 2 is 1.92 bits per heavy atom. The molecule has 0 spiro atoms. The second kappa shape index (κ2) is 17.2. The summed E-state index contributed by atoms with van der Waals surface area (Å²) in [6.45, 7) is 3.51. The number of carbonyl (C=O) groups excluding carboxylic acids is 5. The molecule has 1 aromatic carbocycles. The number of piperidine rings is 1. The Bertz CT molecular complexity index is 1680. The molecule has 2 aromatic heterocycles. The van der Waals surface area contributed by atoms with Crippen molar-refractivity contribution < 1.29 is 24.0 Å². The number of H-pyrrole nitrogens is 1. The highest BCUT2D eigenvalue weighted by Crippen LogP contribution is 2.27. The van der Waals surface area contributed by atoms with Crippen molar-refractivity contribution in [2.24, 2.45) is 16.9 Å². The summed E-state index contributed by atoms with van der Waals surface area (Å²) in [5.74, 6) is 3.21. The summed E-state index contributed by atoms with van der Waals surface area (Å²) in [5.41, 5.74) is 1.85. The summed E-state index contributed by atoms with van der Waals surface area (Å²) in [5, 5.41) is 15.7. The zero-order valence-electron chi connectivity index (χ0n) is 28.1. The average Bonchev–Trinajstić information content (AvgIpc) is 3.88. The summed E-state index contributed by atoms with van der Waals surface area (Å²) in [6.07, 6.45) is 10.8. The Kier molecular flexibility index (Phi) is 12.3. The number of hydrazone groups is 1. The van der Waals surface area contributed by atoms with Crippen molar-refractivity contribution in [3.63, 3.8) is 0 Å². The highest BCUT2D eigenvalue weighted by molar-refractivity contribution is 5.95.